The zero-order valence-electron chi connectivity index (χ0n) is 16.4. The number of nitrogens with zero attached hydrogens (tertiary/aromatic N) is 2. The minimum atomic E-state index is -0.391. The van der Waals surface area contributed by atoms with Crippen molar-refractivity contribution in [2.75, 3.05) is 0 Å². The number of nitrogens with one attached hydrogen (secondary N) is 1. The van der Waals surface area contributed by atoms with Crippen LogP contribution in [0.1, 0.15) is 30.6 Å². The van der Waals surface area contributed by atoms with Crippen molar-refractivity contribution in [1.29, 1.82) is 0 Å². The van der Waals surface area contributed by atoms with Gasteiger partial charge in [-0.25, -0.2) is 15.2 Å². The van der Waals surface area contributed by atoms with Crippen molar-refractivity contribution in [3.8, 4) is 16.3 Å². The summed E-state index contributed by atoms with van der Waals surface area (Å²) >= 11 is 2.79. The van der Waals surface area contributed by atoms with Gasteiger partial charge in [0.15, 0.2) is 0 Å². The zero-order valence-corrected chi connectivity index (χ0v) is 18.1. The fourth-order valence-electron chi connectivity index (χ4n) is 2.70. The Labute approximate surface area is 186 Å². The molecule has 1 N–H and O–H groups in total. The van der Waals surface area contributed by atoms with E-state index in [-0.39, 0.29) is 5.91 Å². The van der Waals surface area contributed by atoms with E-state index >= 15 is 0 Å². The molecule has 8 heteroatoms. The average Bonchev–Trinajstić information content (AvgIpc) is 3.46. The lowest BCUT2D eigenvalue weighted by Crippen LogP contribution is -2.18. The van der Waals surface area contributed by atoms with Gasteiger partial charge in [-0.3, -0.25) is 4.79 Å². The summed E-state index contributed by atoms with van der Waals surface area (Å²) in [6.45, 7) is 1.86. The first-order valence-electron chi connectivity index (χ1n) is 9.32. The highest BCUT2D eigenvalue weighted by atomic mass is 32.1. The number of amides is 1. The minimum Gasteiger partial charge on any atom is -0.422 e. The number of benzene rings is 2. The third-order valence-electron chi connectivity index (χ3n) is 4.23. The van der Waals surface area contributed by atoms with Gasteiger partial charge in [0, 0.05) is 10.4 Å². The van der Waals surface area contributed by atoms with Crippen LogP contribution in [0, 0.1) is 6.92 Å². The Bertz CT molecular complexity index is 1210. The number of aryl methyl sites for hydroxylation is 1. The van der Waals surface area contributed by atoms with Crippen molar-refractivity contribution in [2.24, 2.45) is 5.10 Å². The molecule has 4 aromatic rings. The van der Waals surface area contributed by atoms with Crippen molar-refractivity contribution in [3.05, 3.63) is 93.1 Å². The molecule has 1 amide bonds. The standard InChI is InChI=1S/C23H17N3O3S2/c1-15-20(25-22(31-15)17-6-3-2-4-7-17)21(27)26-24-14-16-9-11-18(12-10-16)29-23(28)19-8-5-13-30-19/h2-14H,1H3,(H,26,27)/b24-14-. The SMILES string of the molecule is Cc1sc(-c2ccccc2)nc1C(=O)N/N=C\c1ccc(OC(=O)c2cccs2)cc1. The number of thiazole rings is 1. The number of hydrazone groups is 1. The van der Waals surface area contributed by atoms with Gasteiger partial charge in [-0.1, -0.05) is 36.4 Å². The van der Waals surface area contributed by atoms with Crippen molar-refractivity contribution in [1.82, 2.24) is 10.4 Å². The molecular weight excluding hydrogens is 430 g/mol. The van der Waals surface area contributed by atoms with Crippen LogP contribution in [0.25, 0.3) is 10.6 Å². The van der Waals surface area contributed by atoms with Crippen LogP contribution in [0.15, 0.2) is 77.2 Å². The third kappa shape index (κ3) is 5.11. The van der Waals surface area contributed by atoms with Crippen molar-refractivity contribution in [2.45, 2.75) is 6.92 Å². The topological polar surface area (TPSA) is 80.7 Å². The van der Waals surface area contributed by atoms with E-state index in [1.165, 1.54) is 28.9 Å². The lowest BCUT2D eigenvalue weighted by Gasteiger charge is -2.03. The van der Waals surface area contributed by atoms with Crippen LogP contribution in [-0.4, -0.2) is 23.1 Å². The van der Waals surface area contributed by atoms with E-state index in [0.29, 0.717) is 16.3 Å². The number of ether oxygens (including phenoxy) is 1. The number of hydrogen-bond donors (Lipinski definition) is 1. The van der Waals surface area contributed by atoms with Crippen LogP contribution in [0.4, 0.5) is 0 Å². The maximum atomic E-state index is 12.5. The molecule has 31 heavy (non-hydrogen) atoms. The third-order valence-corrected chi connectivity index (χ3v) is 6.09. The number of esters is 1. The quantitative estimate of drug-likeness (QED) is 0.192. The first-order valence-corrected chi connectivity index (χ1v) is 11.0. The van der Waals surface area contributed by atoms with Gasteiger partial charge in [-0.05, 0) is 48.2 Å². The molecule has 2 aromatic carbocycles. The molecule has 0 radical (unpaired) electrons. The second kappa shape index (κ2) is 9.46. The van der Waals surface area contributed by atoms with Gasteiger partial charge in [-0.2, -0.15) is 5.10 Å². The number of carbonyl (C=O) groups excluding carboxylic acids is 2. The Morgan fingerprint density at radius 3 is 2.52 bits per heavy atom. The summed E-state index contributed by atoms with van der Waals surface area (Å²) in [4.78, 5) is 30.2. The van der Waals surface area contributed by atoms with Crippen molar-refractivity contribution in [3.63, 3.8) is 0 Å². The Kier molecular flexibility index (Phi) is 6.30. The Balaban J connectivity index is 1.36. The predicted molar refractivity (Wildman–Crippen MR) is 123 cm³/mol. The maximum absolute atomic E-state index is 12.5. The predicted octanol–water partition coefficient (Wildman–Crippen LogP) is 5.16. The molecule has 154 valence electrons. The highest BCUT2D eigenvalue weighted by Crippen LogP contribution is 2.27. The highest BCUT2D eigenvalue weighted by Gasteiger charge is 2.15. The van der Waals surface area contributed by atoms with E-state index in [9.17, 15) is 9.59 Å². The lowest BCUT2D eigenvalue weighted by molar-refractivity contribution is 0.0739. The molecule has 0 fully saturated rings. The van der Waals surface area contributed by atoms with E-state index in [1.807, 2.05) is 42.6 Å². The molecule has 0 atom stereocenters. The van der Waals surface area contributed by atoms with Crippen molar-refractivity contribution >= 4 is 40.8 Å². The van der Waals surface area contributed by atoms with Crippen molar-refractivity contribution < 1.29 is 14.3 Å². The number of carbonyl (C=O) groups is 2. The van der Waals surface area contributed by atoms with Gasteiger partial charge in [0.1, 0.15) is 21.3 Å². The molecule has 0 unspecified atom stereocenters. The van der Waals surface area contributed by atoms with Gasteiger partial charge < -0.3 is 4.74 Å². The summed E-state index contributed by atoms with van der Waals surface area (Å²) < 4.78 is 5.32. The van der Waals surface area contributed by atoms with Gasteiger partial charge in [-0.15, -0.1) is 22.7 Å². The number of thiophene rings is 1. The molecule has 0 aliphatic carbocycles. The zero-order chi connectivity index (χ0) is 21.6. The fourth-order valence-corrected chi connectivity index (χ4v) is 4.22. The van der Waals surface area contributed by atoms with E-state index < -0.39 is 5.97 Å². The molecule has 2 heterocycles. The van der Waals surface area contributed by atoms with Crippen LogP contribution in [-0.2, 0) is 0 Å². The fraction of sp³-hybridized carbons (Fsp3) is 0.0435. The van der Waals surface area contributed by atoms with Crippen LogP contribution in [0.3, 0.4) is 0 Å². The van der Waals surface area contributed by atoms with E-state index in [4.69, 9.17) is 4.74 Å². The maximum Gasteiger partial charge on any atom is 0.353 e. The summed E-state index contributed by atoms with van der Waals surface area (Å²) in [7, 11) is 0. The van der Waals surface area contributed by atoms with E-state index in [1.54, 1.807) is 36.4 Å². The van der Waals surface area contributed by atoms with Gasteiger partial charge in [0.2, 0.25) is 0 Å². The highest BCUT2D eigenvalue weighted by molar-refractivity contribution is 7.15. The molecule has 0 aliphatic rings. The van der Waals surface area contributed by atoms with E-state index in [0.717, 1.165) is 21.0 Å². The molecule has 0 aliphatic heterocycles. The first-order chi connectivity index (χ1) is 15.1. The largest absolute Gasteiger partial charge is 0.422 e. The molecule has 0 spiro atoms. The van der Waals surface area contributed by atoms with Crippen LogP contribution >= 0.6 is 22.7 Å². The molecular formula is C23H17N3O3S2. The Morgan fingerprint density at radius 2 is 1.81 bits per heavy atom. The monoisotopic (exact) mass is 447 g/mol. The summed E-state index contributed by atoms with van der Waals surface area (Å²) in [6, 6.07) is 20.1. The first kappa shape index (κ1) is 20.6. The van der Waals surface area contributed by atoms with Crippen LogP contribution in [0.2, 0.25) is 0 Å². The smallest absolute Gasteiger partial charge is 0.353 e. The summed E-state index contributed by atoms with van der Waals surface area (Å²) in [5.74, 6) is -0.322. The Morgan fingerprint density at radius 1 is 1.03 bits per heavy atom. The van der Waals surface area contributed by atoms with Gasteiger partial charge >= 0.3 is 5.97 Å². The molecule has 0 saturated heterocycles. The summed E-state index contributed by atoms with van der Waals surface area (Å²) in [5, 5.41) is 6.62. The van der Waals surface area contributed by atoms with Crippen LogP contribution in [0.5, 0.6) is 5.75 Å². The van der Waals surface area contributed by atoms with Crippen LogP contribution < -0.4 is 10.2 Å². The second-order valence-corrected chi connectivity index (χ2v) is 8.58. The molecule has 2 aromatic heterocycles. The molecule has 0 bridgehead atoms. The number of rotatable bonds is 6. The normalized spacial score (nSPS) is 10.9. The summed E-state index contributed by atoms with van der Waals surface area (Å²) in [6.07, 6.45) is 1.52. The number of aromatic nitrogens is 1. The molecule has 6 nitrogen and oxygen atoms in total. The minimum absolute atomic E-state index is 0.358. The number of hydrogen-bond acceptors (Lipinski definition) is 7. The molecule has 0 saturated carbocycles. The van der Waals surface area contributed by atoms with Gasteiger partial charge in [0.25, 0.3) is 5.91 Å². The van der Waals surface area contributed by atoms with E-state index in [2.05, 4.69) is 15.5 Å². The molecule has 4 rings (SSSR count). The second-order valence-electron chi connectivity index (χ2n) is 6.42. The summed E-state index contributed by atoms with van der Waals surface area (Å²) in [5.41, 5.74) is 4.58. The average molecular weight is 448 g/mol. The lowest BCUT2D eigenvalue weighted by atomic mass is 10.2. The van der Waals surface area contributed by atoms with Gasteiger partial charge in [0.05, 0.1) is 6.21 Å². The Hall–Kier alpha value is -3.62.